The third kappa shape index (κ3) is 2.31. The number of urea groups is 1. The Bertz CT molecular complexity index is 657. The first-order chi connectivity index (χ1) is 8.18. The topological polar surface area (TPSA) is 111 Å². The highest BCUT2D eigenvalue weighted by Crippen LogP contribution is 2.20. The number of nitrogens with two attached hydrogens (primary N) is 2. The normalized spacial score (nSPS) is 9.88. The lowest BCUT2D eigenvalue weighted by Gasteiger charge is -1.97. The van der Waals surface area contributed by atoms with E-state index in [1.165, 1.54) is 5.39 Å². The molecule has 3 rings (SSSR count). The van der Waals surface area contributed by atoms with Crippen molar-refractivity contribution in [2.45, 2.75) is 0 Å². The molecule has 0 bridgehead atoms. The number of H-pyrrole nitrogens is 1. The Labute approximate surface area is 96.6 Å². The van der Waals surface area contributed by atoms with Gasteiger partial charge in [0, 0.05) is 11.6 Å². The second kappa shape index (κ2) is 4.48. The maximum absolute atomic E-state index is 9.00. The number of pyridine rings is 1. The number of aromatic nitrogens is 3. The Morgan fingerprint density at radius 2 is 2.00 bits per heavy atom. The van der Waals surface area contributed by atoms with Gasteiger partial charge in [0.05, 0.1) is 17.2 Å². The standard InChI is InChI=1S/C10H7N3.CH4N2O/c1-2-7-3-4-9-8(6-12-13-9)10(7)11-5-1;2-1(3)4/h1-6,11H;(H4,2,3,4). The fourth-order valence-corrected chi connectivity index (χ4v) is 1.58. The van der Waals surface area contributed by atoms with Gasteiger partial charge < -0.3 is 16.5 Å². The number of carbonyl (C=O) groups is 1. The first kappa shape index (κ1) is 10.9. The van der Waals surface area contributed by atoms with Gasteiger partial charge in [-0.15, -0.1) is 0 Å². The minimum atomic E-state index is -0.833. The average Bonchev–Trinajstić information content (AvgIpc) is 2.76. The maximum atomic E-state index is 9.00. The van der Waals surface area contributed by atoms with Crippen LogP contribution in [0.1, 0.15) is 0 Å². The van der Waals surface area contributed by atoms with Crippen LogP contribution in [0.25, 0.3) is 21.8 Å². The largest absolute Gasteiger partial charge is 0.361 e. The number of amides is 2. The monoisotopic (exact) mass is 229 g/mol. The van der Waals surface area contributed by atoms with E-state index in [1.807, 2.05) is 24.4 Å². The van der Waals surface area contributed by atoms with Crippen molar-refractivity contribution in [1.82, 2.24) is 15.2 Å². The summed E-state index contributed by atoms with van der Waals surface area (Å²) in [4.78, 5) is 12.2. The highest BCUT2D eigenvalue weighted by atomic mass is 16.2. The number of benzene rings is 1. The molecule has 0 atom stereocenters. The molecule has 2 amide bonds. The van der Waals surface area contributed by atoms with Crippen LogP contribution in [0.15, 0.2) is 36.7 Å². The Morgan fingerprint density at radius 3 is 2.76 bits per heavy atom. The maximum Gasteiger partial charge on any atom is 0.309 e. The Balaban J connectivity index is 0.000000239. The first-order valence-electron chi connectivity index (χ1n) is 4.91. The third-order valence-electron chi connectivity index (χ3n) is 2.21. The van der Waals surface area contributed by atoms with Gasteiger partial charge in [-0.2, -0.15) is 10.2 Å². The molecule has 0 aliphatic carbocycles. The number of nitrogens with one attached hydrogen (secondary N) is 1. The van der Waals surface area contributed by atoms with E-state index in [4.69, 9.17) is 4.79 Å². The van der Waals surface area contributed by atoms with Crippen molar-refractivity contribution in [2.24, 2.45) is 11.5 Å². The molecular formula is C11H11N5O. The van der Waals surface area contributed by atoms with Gasteiger partial charge in [0.1, 0.15) is 0 Å². The van der Waals surface area contributed by atoms with Crippen molar-refractivity contribution in [2.75, 3.05) is 0 Å². The van der Waals surface area contributed by atoms with Gasteiger partial charge >= 0.3 is 6.03 Å². The quantitative estimate of drug-likeness (QED) is 0.537. The van der Waals surface area contributed by atoms with Crippen LogP contribution in [-0.2, 0) is 0 Å². The highest BCUT2D eigenvalue weighted by Gasteiger charge is 2.01. The molecule has 6 heteroatoms. The minimum Gasteiger partial charge on any atom is -0.361 e. The van der Waals surface area contributed by atoms with Crippen LogP contribution in [0.4, 0.5) is 4.79 Å². The van der Waals surface area contributed by atoms with Gasteiger partial charge in [-0.25, -0.2) is 4.79 Å². The van der Waals surface area contributed by atoms with Crippen molar-refractivity contribution >= 4 is 27.8 Å². The molecule has 0 aliphatic rings. The lowest BCUT2D eigenvalue weighted by molar-refractivity contribution is 0.256. The van der Waals surface area contributed by atoms with E-state index < -0.39 is 6.03 Å². The molecule has 6 nitrogen and oxygen atoms in total. The molecular weight excluding hydrogens is 218 g/mol. The Morgan fingerprint density at radius 1 is 1.24 bits per heavy atom. The second-order valence-corrected chi connectivity index (χ2v) is 3.38. The van der Waals surface area contributed by atoms with Gasteiger partial charge in [0.15, 0.2) is 0 Å². The number of nitrogens with zero attached hydrogens (tertiary/aromatic N) is 2. The van der Waals surface area contributed by atoms with Gasteiger partial charge in [-0.05, 0) is 17.5 Å². The summed E-state index contributed by atoms with van der Waals surface area (Å²) in [6.45, 7) is 0. The SMILES string of the molecule is NC(N)=O.c1c[nH]c2c(c1)ccc1nncc12. The predicted molar refractivity (Wildman–Crippen MR) is 65.2 cm³/mol. The van der Waals surface area contributed by atoms with Crippen molar-refractivity contribution in [1.29, 1.82) is 0 Å². The lowest BCUT2D eigenvalue weighted by atomic mass is 10.1. The van der Waals surface area contributed by atoms with Crippen LogP contribution in [0, 0.1) is 0 Å². The molecule has 0 radical (unpaired) electrons. The summed E-state index contributed by atoms with van der Waals surface area (Å²) in [6, 6.07) is 7.25. The van der Waals surface area contributed by atoms with E-state index in [9.17, 15) is 0 Å². The van der Waals surface area contributed by atoms with Gasteiger partial charge in [0.25, 0.3) is 0 Å². The molecule has 0 aliphatic heterocycles. The molecule has 2 heterocycles. The van der Waals surface area contributed by atoms with E-state index in [2.05, 4.69) is 32.7 Å². The fraction of sp³-hybridized carbons (Fsp3) is 0. The van der Waals surface area contributed by atoms with Crippen molar-refractivity contribution in [3.63, 3.8) is 0 Å². The van der Waals surface area contributed by atoms with Crippen LogP contribution in [0.2, 0.25) is 0 Å². The van der Waals surface area contributed by atoms with Crippen molar-refractivity contribution in [3.8, 4) is 0 Å². The summed E-state index contributed by atoms with van der Waals surface area (Å²) in [5.41, 5.74) is 10.5. The Kier molecular flexibility index (Phi) is 2.87. The molecule has 86 valence electrons. The van der Waals surface area contributed by atoms with Crippen molar-refractivity contribution < 1.29 is 4.79 Å². The summed E-state index contributed by atoms with van der Waals surface area (Å²) in [7, 11) is 0. The molecule has 0 saturated heterocycles. The first-order valence-corrected chi connectivity index (χ1v) is 4.91. The van der Waals surface area contributed by atoms with E-state index in [0.29, 0.717) is 0 Å². The molecule has 0 spiro atoms. The number of aromatic amines is 1. The minimum absolute atomic E-state index is 0.833. The number of hydrogen-bond donors (Lipinski definition) is 3. The molecule has 2 aromatic heterocycles. The van der Waals surface area contributed by atoms with Gasteiger partial charge in [0.2, 0.25) is 0 Å². The molecule has 0 unspecified atom stereocenters. The van der Waals surface area contributed by atoms with E-state index in [1.54, 1.807) is 6.20 Å². The number of primary amides is 2. The second-order valence-electron chi connectivity index (χ2n) is 3.38. The zero-order valence-electron chi connectivity index (χ0n) is 8.92. The zero-order valence-corrected chi connectivity index (χ0v) is 8.92. The number of hydrogen-bond acceptors (Lipinski definition) is 3. The summed E-state index contributed by atoms with van der Waals surface area (Å²) in [5.74, 6) is 0. The van der Waals surface area contributed by atoms with Crippen LogP contribution < -0.4 is 11.5 Å². The molecule has 5 N–H and O–H groups in total. The van der Waals surface area contributed by atoms with E-state index >= 15 is 0 Å². The Hall–Kier alpha value is -2.63. The van der Waals surface area contributed by atoms with Crippen LogP contribution >= 0.6 is 0 Å². The molecule has 0 fully saturated rings. The van der Waals surface area contributed by atoms with E-state index in [0.717, 1.165) is 16.4 Å². The van der Waals surface area contributed by atoms with Crippen LogP contribution in [0.5, 0.6) is 0 Å². The summed E-state index contributed by atoms with van der Waals surface area (Å²) in [5, 5.41) is 10.1. The number of carbonyl (C=O) groups excluding carboxylic acids is 1. The zero-order chi connectivity index (χ0) is 12.3. The molecule has 1 aromatic carbocycles. The smallest absolute Gasteiger partial charge is 0.309 e. The third-order valence-corrected chi connectivity index (χ3v) is 2.21. The lowest BCUT2D eigenvalue weighted by Crippen LogP contribution is -2.18. The summed E-state index contributed by atoms with van der Waals surface area (Å²) in [6.07, 6.45) is 3.70. The fourth-order valence-electron chi connectivity index (χ4n) is 1.58. The number of fused-ring (bicyclic) bond motifs is 3. The summed E-state index contributed by atoms with van der Waals surface area (Å²) < 4.78 is 0. The predicted octanol–water partition coefficient (Wildman–Crippen LogP) is 1.13. The number of rotatable bonds is 0. The molecule has 3 aromatic rings. The van der Waals surface area contributed by atoms with Gasteiger partial charge in [-0.3, -0.25) is 0 Å². The average molecular weight is 229 g/mol. The van der Waals surface area contributed by atoms with Crippen LogP contribution in [0.3, 0.4) is 0 Å². The van der Waals surface area contributed by atoms with Crippen molar-refractivity contribution in [3.05, 3.63) is 36.7 Å². The molecule has 17 heavy (non-hydrogen) atoms. The summed E-state index contributed by atoms with van der Waals surface area (Å²) >= 11 is 0. The van der Waals surface area contributed by atoms with E-state index in [-0.39, 0.29) is 0 Å². The van der Waals surface area contributed by atoms with Crippen LogP contribution in [-0.4, -0.2) is 21.2 Å². The van der Waals surface area contributed by atoms with Gasteiger partial charge in [-0.1, -0.05) is 12.1 Å². The highest BCUT2D eigenvalue weighted by molar-refractivity contribution is 6.03. The molecule has 0 saturated carbocycles.